The van der Waals surface area contributed by atoms with Crippen molar-refractivity contribution in [3.05, 3.63) is 86.0 Å². The maximum atomic E-state index is 12.5. The molecule has 0 radical (unpaired) electrons. The molecule has 128 valence electrons. The highest BCUT2D eigenvalue weighted by Crippen LogP contribution is 2.17. The van der Waals surface area contributed by atoms with Crippen LogP contribution in [0.1, 0.15) is 10.4 Å². The Labute approximate surface area is 150 Å². The zero-order chi connectivity index (χ0) is 18.3. The number of halogens is 1. The molecule has 2 aromatic carbocycles. The fourth-order valence-electron chi connectivity index (χ4n) is 2.63. The minimum Gasteiger partial charge on any atom is -0.319 e. The van der Waals surface area contributed by atoms with Crippen LogP contribution in [0, 0.1) is 0 Å². The van der Waals surface area contributed by atoms with Gasteiger partial charge >= 0.3 is 0 Å². The number of aromatic nitrogens is 4. The van der Waals surface area contributed by atoms with Crippen LogP contribution < -0.4 is 11.1 Å². The van der Waals surface area contributed by atoms with E-state index in [9.17, 15) is 14.4 Å². The second kappa shape index (κ2) is 6.12. The third kappa shape index (κ3) is 2.74. The lowest BCUT2D eigenvalue weighted by molar-refractivity contribution is 0.0944. The Morgan fingerprint density at radius 3 is 2.58 bits per heavy atom. The fourth-order valence-corrected chi connectivity index (χ4v) is 2.79. The van der Waals surface area contributed by atoms with E-state index in [2.05, 4.69) is 15.1 Å². The van der Waals surface area contributed by atoms with E-state index in [1.165, 1.54) is 6.20 Å². The molecule has 0 aliphatic carbocycles. The summed E-state index contributed by atoms with van der Waals surface area (Å²) in [6.45, 7) is 0. The summed E-state index contributed by atoms with van der Waals surface area (Å²) in [4.78, 5) is 44.0. The Morgan fingerprint density at radius 2 is 1.81 bits per heavy atom. The van der Waals surface area contributed by atoms with Gasteiger partial charge in [0.15, 0.2) is 0 Å². The third-order valence-electron chi connectivity index (χ3n) is 3.87. The molecule has 7 nitrogen and oxygen atoms in total. The molecular formula is C18H11ClN4O3. The maximum Gasteiger partial charge on any atom is 0.276 e. The summed E-state index contributed by atoms with van der Waals surface area (Å²) in [6.07, 6.45) is 1.27. The number of carbonyl (C=O) groups excluding carboxylic acids is 1. The number of rotatable bonds is 2. The van der Waals surface area contributed by atoms with Crippen molar-refractivity contribution in [2.75, 3.05) is 0 Å². The number of aromatic amines is 2. The zero-order valence-corrected chi connectivity index (χ0v) is 13.9. The first kappa shape index (κ1) is 16.0. The molecule has 0 unspecified atom stereocenters. The molecule has 0 bridgehead atoms. The van der Waals surface area contributed by atoms with Gasteiger partial charge in [-0.1, -0.05) is 29.8 Å². The quantitative estimate of drug-likeness (QED) is 0.569. The van der Waals surface area contributed by atoms with E-state index in [1.807, 2.05) is 0 Å². The highest BCUT2D eigenvalue weighted by atomic mass is 35.5. The number of nitrogens with zero attached hydrogens (tertiary/aromatic N) is 2. The Kier molecular flexibility index (Phi) is 3.78. The lowest BCUT2D eigenvalue weighted by atomic mass is 10.2. The van der Waals surface area contributed by atoms with Gasteiger partial charge in [0.05, 0.1) is 16.6 Å². The van der Waals surface area contributed by atoms with Crippen molar-refractivity contribution in [2.45, 2.75) is 0 Å². The molecule has 0 saturated carbocycles. The van der Waals surface area contributed by atoms with Gasteiger partial charge < -0.3 is 4.98 Å². The molecule has 2 aromatic heterocycles. The summed E-state index contributed by atoms with van der Waals surface area (Å²) in [6, 6.07) is 13.3. The Morgan fingerprint density at radius 1 is 1.04 bits per heavy atom. The summed E-state index contributed by atoms with van der Waals surface area (Å²) in [5.74, 6) is -0.422. The Bertz CT molecular complexity index is 1250. The molecule has 0 fully saturated rings. The van der Waals surface area contributed by atoms with Gasteiger partial charge in [0, 0.05) is 16.8 Å². The molecule has 2 N–H and O–H groups in total. The van der Waals surface area contributed by atoms with Crippen molar-refractivity contribution in [2.24, 2.45) is 0 Å². The van der Waals surface area contributed by atoms with Crippen molar-refractivity contribution in [3.8, 4) is 11.3 Å². The SMILES string of the molecule is O=C(c1ccccc1)n1cc(-c2nc3cc(Cl)ccc3[nH]c2=O)c(=O)[nH]1. The van der Waals surface area contributed by atoms with Crippen molar-refractivity contribution in [1.29, 1.82) is 0 Å². The van der Waals surface area contributed by atoms with Gasteiger partial charge in [0.25, 0.3) is 17.0 Å². The Balaban J connectivity index is 1.85. The highest BCUT2D eigenvalue weighted by molar-refractivity contribution is 6.31. The molecule has 4 rings (SSSR count). The van der Waals surface area contributed by atoms with Crippen LogP contribution >= 0.6 is 11.6 Å². The number of hydrogen-bond donors (Lipinski definition) is 2. The smallest absolute Gasteiger partial charge is 0.276 e. The number of nitrogens with one attached hydrogen (secondary N) is 2. The molecule has 26 heavy (non-hydrogen) atoms. The number of carbonyl (C=O) groups is 1. The standard InChI is InChI=1S/C18H11ClN4O3/c19-11-6-7-13-14(8-11)20-15(17(25)21-13)12-9-23(22-16(12)24)18(26)10-4-2-1-3-5-10/h1-9H,(H,21,25)(H,22,24). The summed E-state index contributed by atoms with van der Waals surface area (Å²) >= 11 is 5.95. The van der Waals surface area contributed by atoms with Crippen LogP contribution in [0.25, 0.3) is 22.3 Å². The molecule has 0 aliphatic heterocycles. The summed E-state index contributed by atoms with van der Waals surface area (Å²) in [5.41, 5.74) is 0.132. The second-order valence-electron chi connectivity index (χ2n) is 5.60. The van der Waals surface area contributed by atoms with Crippen molar-refractivity contribution < 1.29 is 4.79 Å². The monoisotopic (exact) mass is 366 g/mol. The number of H-pyrrole nitrogens is 2. The van der Waals surface area contributed by atoms with Crippen LogP contribution in [-0.4, -0.2) is 25.7 Å². The molecule has 0 aliphatic rings. The summed E-state index contributed by atoms with van der Waals surface area (Å²) in [7, 11) is 0. The first-order valence-electron chi connectivity index (χ1n) is 7.64. The van der Waals surface area contributed by atoms with Crippen LogP contribution in [0.4, 0.5) is 0 Å². The molecular weight excluding hydrogens is 356 g/mol. The predicted octanol–water partition coefficient (Wildman–Crippen LogP) is 2.42. The van der Waals surface area contributed by atoms with Gasteiger partial charge in [0.2, 0.25) is 0 Å². The van der Waals surface area contributed by atoms with Crippen molar-refractivity contribution in [3.63, 3.8) is 0 Å². The van der Waals surface area contributed by atoms with Crippen LogP contribution in [-0.2, 0) is 0 Å². The average Bonchev–Trinajstić information content (AvgIpc) is 3.03. The van der Waals surface area contributed by atoms with Crippen LogP contribution in [0.5, 0.6) is 0 Å². The largest absolute Gasteiger partial charge is 0.319 e. The summed E-state index contributed by atoms with van der Waals surface area (Å²) < 4.78 is 1.04. The minimum absolute atomic E-state index is 0.00240. The minimum atomic E-state index is -0.589. The fraction of sp³-hybridized carbons (Fsp3) is 0. The molecule has 2 heterocycles. The number of hydrogen-bond acceptors (Lipinski definition) is 4. The molecule has 0 saturated heterocycles. The highest BCUT2D eigenvalue weighted by Gasteiger charge is 2.17. The van der Waals surface area contributed by atoms with E-state index in [0.717, 1.165) is 4.68 Å². The molecule has 0 amide bonds. The van der Waals surface area contributed by atoms with Gasteiger partial charge in [-0.15, -0.1) is 0 Å². The lowest BCUT2D eigenvalue weighted by Gasteiger charge is -2.01. The van der Waals surface area contributed by atoms with Gasteiger partial charge in [-0.3, -0.25) is 19.5 Å². The van der Waals surface area contributed by atoms with Crippen LogP contribution in [0.15, 0.2) is 64.3 Å². The van der Waals surface area contributed by atoms with Gasteiger partial charge in [-0.05, 0) is 30.3 Å². The first-order chi connectivity index (χ1) is 12.5. The van der Waals surface area contributed by atoms with Gasteiger partial charge in [-0.25, -0.2) is 9.67 Å². The van der Waals surface area contributed by atoms with E-state index < -0.39 is 17.0 Å². The average molecular weight is 367 g/mol. The molecule has 0 spiro atoms. The van der Waals surface area contributed by atoms with E-state index in [-0.39, 0.29) is 11.3 Å². The van der Waals surface area contributed by atoms with E-state index in [1.54, 1.807) is 48.5 Å². The van der Waals surface area contributed by atoms with E-state index >= 15 is 0 Å². The number of fused-ring (bicyclic) bond motifs is 1. The second-order valence-corrected chi connectivity index (χ2v) is 6.04. The predicted molar refractivity (Wildman–Crippen MR) is 97.6 cm³/mol. The van der Waals surface area contributed by atoms with Gasteiger partial charge in [-0.2, -0.15) is 0 Å². The lowest BCUT2D eigenvalue weighted by Crippen LogP contribution is -2.16. The van der Waals surface area contributed by atoms with Gasteiger partial charge in [0.1, 0.15) is 5.69 Å². The molecule has 8 heteroatoms. The normalized spacial score (nSPS) is 11.0. The molecule has 0 atom stereocenters. The third-order valence-corrected chi connectivity index (χ3v) is 4.11. The van der Waals surface area contributed by atoms with Crippen molar-refractivity contribution in [1.82, 2.24) is 19.7 Å². The topological polar surface area (TPSA) is 101 Å². The van der Waals surface area contributed by atoms with Crippen molar-refractivity contribution >= 4 is 28.5 Å². The number of benzene rings is 2. The maximum absolute atomic E-state index is 12.5. The molecule has 4 aromatic rings. The van der Waals surface area contributed by atoms with E-state index in [0.29, 0.717) is 21.6 Å². The van der Waals surface area contributed by atoms with E-state index in [4.69, 9.17) is 11.6 Å². The first-order valence-corrected chi connectivity index (χ1v) is 8.02. The zero-order valence-electron chi connectivity index (χ0n) is 13.2. The van der Waals surface area contributed by atoms with Crippen LogP contribution in [0.3, 0.4) is 0 Å². The Hall–Kier alpha value is -3.45. The van der Waals surface area contributed by atoms with Crippen LogP contribution in [0.2, 0.25) is 5.02 Å². The summed E-state index contributed by atoms with van der Waals surface area (Å²) in [5, 5.41) is 2.87.